The van der Waals surface area contributed by atoms with Crippen molar-refractivity contribution in [2.45, 2.75) is 11.8 Å². The molecule has 4 aromatic rings. The molecule has 0 aliphatic carbocycles. The number of ether oxygens (including phenoxy) is 1. The Labute approximate surface area is 186 Å². The fourth-order valence-corrected chi connectivity index (χ4v) is 4.40. The number of benzene rings is 4. The van der Waals surface area contributed by atoms with Gasteiger partial charge >= 0.3 is 0 Å². The van der Waals surface area contributed by atoms with Crippen LogP contribution in [0, 0.1) is 6.92 Å². The van der Waals surface area contributed by atoms with Crippen molar-refractivity contribution >= 4 is 38.1 Å². The summed E-state index contributed by atoms with van der Waals surface area (Å²) in [6.07, 6.45) is 0. The normalized spacial score (nSPS) is 11.2. The monoisotopic (exact) mass is 446 g/mol. The summed E-state index contributed by atoms with van der Waals surface area (Å²) in [5.41, 5.74) is 1.83. The number of carbonyl (C=O) groups is 1. The van der Waals surface area contributed by atoms with Crippen LogP contribution in [-0.4, -0.2) is 20.9 Å². The summed E-state index contributed by atoms with van der Waals surface area (Å²) in [4.78, 5) is 12.4. The zero-order valence-electron chi connectivity index (χ0n) is 17.4. The number of amides is 1. The van der Waals surface area contributed by atoms with Crippen LogP contribution in [0.15, 0.2) is 95.9 Å². The average Bonchev–Trinajstić information content (AvgIpc) is 2.79. The highest BCUT2D eigenvalue weighted by atomic mass is 32.2. The smallest absolute Gasteiger partial charge is 0.262 e. The van der Waals surface area contributed by atoms with E-state index < -0.39 is 10.0 Å². The molecule has 0 fully saturated rings. The number of anilines is 2. The minimum absolute atomic E-state index is 0.103. The van der Waals surface area contributed by atoms with Crippen LogP contribution < -0.4 is 14.8 Å². The number of sulfonamides is 1. The first-order valence-electron chi connectivity index (χ1n) is 10.0. The molecule has 32 heavy (non-hydrogen) atoms. The molecule has 4 aromatic carbocycles. The quantitative estimate of drug-likeness (QED) is 0.420. The molecule has 0 radical (unpaired) electrons. The lowest BCUT2D eigenvalue weighted by molar-refractivity contribution is -0.118. The molecule has 7 heteroatoms. The first-order chi connectivity index (χ1) is 15.4. The molecule has 1 amide bonds. The predicted molar refractivity (Wildman–Crippen MR) is 127 cm³/mol. The van der Waals surface area contributed by atoms with Crippen molar-refractivity contribution in [3.63, 3.8) is 0 Å². The fourth-order valence-electron chi connectivity index (χ4n) is 3.27. The highest BCUT2D eigenvalue weighted by Crippen LogP contribution is 2.25. The third kappa shape index (κ3) is 4.90. The van der Waals surface area contributed by atoms with Crippen molar-refractivity contribution in [2.24, 2.45) is 0 Å². The molecule has 0 heterocycles. The summed E-state index contributed by atoms with van der Waals surface area (Å²) in [6.45, 7) is 1.67. The lowest BCUT2D eigenvalue weighted by Gasteiger charge is -2.12. The highest BCUT2D eigenvalue weighted by Gasteiger charge is 2.15. The van der Waals surface area contributed by atoms with Crippen LogP contribution in [0.1, 0.15) is 5.56 Å². The summed E-state index contributed by atoms with van der Waals surface area (Å²) in [6, 6.07) is 26.6. The molecule has 0 spiro atoms. The van der Waals surface area contributed by atoms with Gasteiger partial charge in [-0.05, 0) is 54.3 Å². The molecule has 0 aliphatic heterocycles. The van der Waals surface area contributed by atoms with E-state index in [1.807, 2.05) is 61.5 Å². The number of hydrogen-bond donors (Lipinski definition) is 2. The van der Waals surface area contributed by atoms with E-state index in [1.54, 1.807) is 24.3 Å². The zero-order chi connectivity index (χ0) is 22.6. The molecule has 4 rings (SSSR count). The van der Waals surface area contributed by atoms with Crippen LogP contribution in [0.3, 0.4) is 0 Å². The summed E-state index contributed by atoms with van der Waals surface area (Å²) < 4.78 is 33.5. The van der Waals surface area contributed by atoms with Gasteiger partial charge in [0.25, 0.3) is 15.9 Å². The molecule has 6 nitrogen and oxygen atoms in total. The Morgan fingerprint density at radius 3 is 2.31 bits per heavy atom. The van der Waals surface area contributed by atoms with E-state index in [1.165, 1.54) is 12.1 Å². The first kappa shape index (κ1) is 21.4. The SMILES string of the molecule is Cc1ccccc1NS(=O)(=O)c1ccc(NC(=O)COc2cccc3ccccc23)cc1. The van der Waals surface area contributed by atoms with Crippen LogP contribution in [0.5, 0.6) is 5.75 Å². The van der Waals surface area contributed by atoms with E-state index in [4.69, 9.17) is 4.74 Å². The molecule has 0 aliphatic rings. The Morgan fingerprint density at radius 1 is 0.844 bits per heavy atom. The van der Waals surface area contributed by atoms with Crippen molar-refractivity contribution < 1.29 is 17.9 Å². The summed E-state index contributed by atoms with van der Waals surface area (Å²) >= 11 is 0. The van der Waals surface area contributed by atoms with E-state index >= 15 is 0 Å². The van der Waals surface area contributed by atoms with Gasteiger partial charge in [0, 0.05) is 11.1 Å². The highest BCUT2D eigenvalue weighted by molar-refractivity contribution is 7.92. The number of rotatable bonds is 7. The molecular weight excluding hydrogens is 424 g/mol. The Bertz CT molecular complexity index is 1360. The van der Waals surface area contributed by atoms with Gasteiger partial charge in [-0.15, -0.1) is 0 Å². The molecule has 0 saturated carbocycles. The van der Waals surface area contributed by atoms with Gasteiger partial charge < -0.3 is 10.1 Å². The van der Waals surface area contributed by atoms with Gasteiger partial charge in [0.15, 0.2) is 6.61 Å². The molecule has 0 atom stereocenters. The van der Waals surface area contributed by atoms with Crippen molar-refractivity contribution in [1.82, 2.24) is 0 Å². The molecule has 0 bridgehead atoms. The Morgan fingerprint density at radius 2 is 1.53 bits per heavy atom. The third-order valence-corrected chi connectivity index (χ3v) is 6.33. The minimum atomic E-state index is -3.74. The van der Waals surface area contributed by atoms with Crippen LogP contribution in [-0.2, 0) is 14.8 Å². The topological polar surface area (TPSA) is 84.5 Å². The molecule has 2 N–H and O–H groups in total. The number of fused-ring (bicyclic) bond motifs is 1. The average molecular weight is 447 g/mol. The third-order valence-electron chi connectivity index (χ3n) is 4.95. The van der Waals surface area contributed by atoms with Gasteiger partial charge in [0.2, 0.25) is 0 Å². The second-order valence-corrected chi connectivity index (χ2v) is 8.94. The number of carbonyl (C=O) groups excluding carboxylic acids is 1. The summed E-state index contributed by atoms with van der Waals surface area (Å²) in [5.74, 6) is 0.286. The molecular formula is C25H22N2O4S. The van der Waals surface area contributed by atoms with Crippen LogP contribution in [0.4, 0.5) is 11.4 Å². The maximum atomic E-state index is 12.6. The van der Waals surface area contributed by atoms with Crippen LogP contribution in [0.25, 0.3) is 10.8 Å². The number of hydrogen-bond acceptors (Lipinski definition) is 4. The van der Waals surface area contributed by atoms with E-state index in [9.17, 15) is 13.2 Å². The van der Waals surface area contributed by atoms with Gasteiger partial charge in [0.1, 0.15) is 5.75 Å². The fraction of sp³-hybridized carbons (Fsp3) is 0.0800. The summed E-state index contributed by atoms with van der Waals surface area (Å²) in [7, 11) is -3.74. The van der Waals surface area contributed by atoms with Gasteiger partial charge in [-0.25, -0.2) is 8.42 Å². The predicted octanol–water partition coefficient (Wildman–Crippen LogP) is 4.97. The lowest BCUT2D eigenvalue weighted by atomic mass is 10.1. The zero-order valence-corrected chi connectivity index (χ0v) is 18.2. The van der Waals surface area contributed by atoms with Crippen molar-refractivity contribution in [3.8, 4) is 5.75 Å². The number of nitrogens with one attached hydrogen (secondary N) is 2. The Kier molecular flexibility index (Phi) is 6.09. The largest absolute Gasteiger partial charge is 0.483 e. The van der Waals surface area contributed by atoms with Crippen molar-refractivity contribution in [1.29, 1.82) is 0 Å². The maximum Gasteiger partial charge on any atom is 0.262 e. The molecule has 162 valence electrons. The van der Waals surface area contributed by atoms with Gasteiger partial charge in [-0.2, -0.15) is 0 Å². The van der Waals surface area contributed by atoms with Crippen LogP contribution >= 0.6 is 0 Å². The number of aryl methyl sites for hydroxylation is 1. The van der Waals surface area contributed by atoms with E-state index in [0.717, 1.165) is 16.3 Å². The molecule has 0 saturated heterocycles. The van der Waals surface area contributed by atoms with Crippen molar-refractivity contribution in [2.75, 3.05) is 16.6 Å². The molecule has 0 aromatic heterocycles. The second kappa shape index (κ2) is 9.11. The Hall–Kier alpha value is -3.84. The minimum Gasteiger partial charge on any atom is -0.483 e. The maximum absolute atomic E-state index is 12.6. The summed E-state index contributed by atoms with van der Waals surface area (Å²) in [5, 5.41) is 4.68. The van der Waals surface area contributed by atoms with Crippen molar-refractivity contribution in [3.05, 3.63) is 96.6 Å². The van der Waals surface area contributed by atoms with Gasteiger partial charge in [-0.1, -0.05) is 54.6 Å². The van der Waals surface area contributed by atoms with Crippen LogP contribution in [0.2, 0.25) is 0 Å². The van der Waals surface area contributed by atoms with Gasteiger partial charge in [-0.3, -0.25) is 9.52 Å². The lowest BCUT2D eigenvalue weighted by Crippen LogP contribution is -2.20. The van der Waals surface area contributed by atoms with Gasteiger partial charge in [0.05, 0.1) is 10.6 Å². The Balaban J connectivity index is 1.39. The van der Waals surface area contributed by atoms with E-state index in [2.05, 4.69) is 10.0 Å². The van der Waals surface area contributed by atoms with E-state index in [0.29, 0.717) is 17.1 Å². The van der Waals surface area contributed by atoms with E-state index in [-0.39, 0.29) is 17.4 Å². The standard InChI is InChI=1S/C25H22N2O4S/c1-18-7-2-5-11-23(18)27-32(29,30)21-15-13-20(14-16-21)26-25(28)17-31-24-12-6-9-19-8-3-4-10-22(19)24/h2-16,27H,17H2,1H3,(H,26,28). The second-order valence-electron chi connectivity index (χ2n) is 7.26. The number of para-hydroxylation sites is 1. The molecule has 0 unspecified atom stereocenters. The first-order valence-corrected chi connectivity index (χ1v) is 11.5.